The van der Waals surface area contributed by atoms with E-state index in [2.05, 4.69) is 20.2 Å². The highest BCUT2D eigenvalue weighted by molar-refractivity contribution is 5.75. The molecule has 2 rings (SSSR count). The maximum Gasteiger partial charge on any atom is 0.493 e. The van der Waals surface area contributed by atoms with Gasteiger partial charge < -0.3 is 20.2 Å². The minimum absolute atomic E-state index is 0.215. The second kappa shape index (κ2) is 4.79. The number of hydrogen-bond donors (Lipinski definition) is 0. The van der Waals surface area contributed by atoms with Gasteiger partial charge in [-0.05, 0) is 21.8 Å². The molecule has 0 bridgehead atoms. The van der Waals surface area contributed by atoms with E-state index in [9.17, 15) is 25.0 Å². The van der Waals surface area contributed by atoms with Gasteiger partial charge in [0.2, 0.25) is 6.33 Å². The molecule has 0 aromatic carbocycles. The van der Waals surface area contributed by atoms with Crippen molar-refractivity contribution < 1.29 is 14.6 Å². The summed E-state index contributed by atoms with van der Waals surface area (Å²) in [7, 11) is 0. The van der Waals surface area contributed by atoms with Crippen molar-refractivity contribution in [3.05, 3.63) is 26.6 Å². The van der Waals surface area contributed by atoms with Crippen LogP contribution in [-0.2, 0) is 11.3 Å². The molecule has 0 N–H and O–H groups in total. The van der Waals surface area contributed by atoms with Crippen LogP contribution < -0.4 is 0 Å². The Labute approximate surface area is 109 Å². The second-order valence-electron chi connectivity index (χ2n) is 3.57. The fourth-order valence-electron chi connectivity index (χ4n) is 1.32. The average molecular weight is 282 g/mol. The molecule has 0 aliphatic heterocycles. The van der Waals surface area contributed by atoms with Crippen LogP contribution in [0.15, 0.2) is 6.33 Å². The summed E-state index contributed by atoms with van der Waals surface area (Å²) >= 11 is 0. The number of nitrogens with zero attached hydrogens (tertiary/aromatic N) is 8. The maximum absolute atomic E-state index is 11.1. The van der Waals surface area contributed by atoms with Crippen molar-refractivity contribution in [1.29, 1.82) is 0 Å². The van der Waals surface area contributed by atoms with E-state index >= 15 is 0 Å². The van der Waals surface area contributed by atoms with Crippen LogP contribution in [-0.4, -0.2) is 45.2 Å². The zero-order chi connectivity index (χ0) is 14.9. The van der Waals surface area contributed by atoms with Gasteiger partial charge in [-0.25, -0.2) is 0 Å². The molecule has 0 amide bonds. The lowest BCUT2D eigenvalue weighted by Crippen LogP contribution is -2.13. The molecule has 0 fully saturated rings. The summed E-state index contributed by atoms with van der Waals surface area (Å²) in [4.78, 5) is 37.4. The Morgan fingerprint density at radius 3 is 2.40 bits per heavy atom. The van der Waals surface area contributed by atoms with Crippen molar-refractivity contribution in [2.75, 3.05) is 0 Å². The first-order valence-corrected chi connectivity index (χ1v) is 5.03. The van der Waals surface area contributed by atoms with Crippen molar-refractivity contribution in [2.45, 2.75) is 13.5 Å². The van der Waals surface area contributed by atoms with Crippen molar-refractivity contribution in [3.8, 4) is 5.95 Å². The summed E-state index contributed by atoms with van der Waals surface area (Å²) in [6, 6.07) is 0. The number of ketones is 1. The molecule has 0 aliphatic carbocycles. The molecule has 0 saturated carbocycles. The Balaban J connectivity index is 2.49. The Hall–Kier alpha value is -3.25. The molecule has 0 aliphatic rings. The molecular formula is C7H6N8O5. The molecule has 13 nitrogen and oxygen atoms in total. The fraction of sp³-hybridized carbons (Fsp3) is 0.286. The monoisotopic (exact) mass is 282 g/mol. The van der Waals surface area contributed by atoms with Crippen LogP contribution in [0.1, 0.15) is 6.92 Å². The van der Waals surface area contributed by atoms with E-state index in [1.54, 1.807) is 0 Å². The van der Waals surface area contributed by atoms with Crippen LogP contribution in [0.5, 0.6) is 0 Å². The first kappa shape index (κ1) is 13.2. The second-order valence-corrected chi connectivity index (χ2v) is 3.57. The zero-order valence-electron chi connectivity index (χ0n) is 9.90. The summed E-state index contributed by atoms with van der Waals surface area (Å²) < 4.78 is 1.75. The average Bonchev–Trinajstić information content (AvgIpc) is 2.93. The number of nitro groups is 2. The molecule has 2 heterocycles. The molecule has 0 spiro atoms. The molecule has 0 atom stereocenters. The van der Waals surface area contributed by atoms with Crippen molar-refractivity contribution in [3.63, 3.8) is 0 Å². The molecular weight excluding hydrogens is 276 g/mol. The first-order valence-electron chi connectivity index (χ1n) is 5.03. The van der Waals surface area contributed by atoms with Gasteiger partial charge in [-0.3, -0.25) is 4.79 Å². The molecule has 13 heteroatoms. The van der Waals surface area contributed by atoms with Crippen molar-refractivity contribution >= 4 is 17.7 Å². The molecule has 0 unspecified atom stereocenters. The lowest BCUT2D eigenvalue weighted by Gasteiger charge is -1.93. The van der Waals surface area contributed by atoms with Crippen LogP contribution in [0.2, 0.25) is 0 Å². The van der Waals surface area contributed by atoms with E-state index < -0.39 is 21.7 Å². The molecule has 0 radical (unpaired) electrons. The standard InChI is InChI=1S/C7H6N8O5/c1-4(16)2-12-7(9-6(11-12)15(19)20)13-3-8-5(10-13)14(17)18/h3H,2H2,1H3. The number of carbonyl (C=O) groups is 1. The third-order valence-corrected chi connectivity index (χ3v) is 2.02. The van der Waals surface area contributed by atoms with Crippen LogP contribution >= 0.6 is 0 Å². The van der Waals surface area contributed by atoms with Gasteiger partial charge in [0.1, 0.15) is 6.54 Å². The van der Waals surface area contributed by atoms with Gasteiger partial charge in [0.15, 0.2) is 5.78 Å². The van der Waals surface area contributed by atoms with Crippen LogP contribution in [0.3, 0.4) is 0 Å². The Kier molecular flexibility index (Phi) is 3.16. The summed E-state index contributed by atoms with van der Waals surface area (Å²) in [5, 5.41) is 28.1. The predicted octanol–water partition coefficient (Wildman–Crippen LogP) is -0.736. The maximum atomic E-state index is 11.1. The van der Waals surface area contributed by atoms with Gasteiger partial charge in [0.25, 0.3) is 0 Å². The van der Waals surface area contributed by atoms with Crippen molar-refractivity contribution in [1.82, 2.24) is 29.5 Å². The van der Waals surface area contributed by atoms with Gasteiger partial charge in [0.05, 0.1) is 0 Å². The smallest absolute Gasteiger partial charge is 0.390 e. The highest BCUT2D eigenvalue weighted by atomic mass is 16.6. The van der Waals surface area contributed by atoms with E-state index in [4.69, 9.17) is 0 Å². The molecule has 104 valence electrons. The predicted molar refractivity (Wildman–Crippen MR) is 58.9 cm³/mol. The minimum atomic E-state index is -0.856. The van der Waals surface area contributed by atoms with Crippen LogP contribution in [0.4, 0.5) is 11.9 Å². The zero-order valence-corrected chi connectivity index (χ0v) is 9.90. The molecule has 20 heavy (non-hydrogen) atoms. The lowest BCUT2D eigenvalue weighted by atomic mass is 10.4. The minimum Gasteiger partial charge on any atom is -0.390 e. The topological polar surface area (TPSA) is 165 Å². The molecule has 0 saturated heterocycles. The Morgan fingerprint density at radius 1 is 1.25 bits per heavy atom. The largest absolute Gasteiger partial charge is 0.493 e. The number of Topliss-reactive ketones (excluding diaryl/α,β-unsaturated/α-hetero) is 1. The summed E-state index contributed by atoms with van der Waals surface area (Å²) in [6.07, 6.45) is 0.947. The van der Waals surface area contributed by atoms with E-state index in [0.717, 1.165) is 15.7 Å². The van der Waals surface area contributed by atoms with Crippen molar-refractivity contribution in [2.24, 2.45) is 0 Å². The van der Waals surface area contributed by atoms with E-state index in [1.807, 2.05) is 0 Å². The number of aromatic nitrogens is 6. The molecule has 2 aromatic heterocycles. The summed E-state index contributed by atoms with van der Waals surface area (Å²) in [5.41, 5.74) is 0. The van der Waals surface area contributed by atoms with Gasteiger partial charge in [0, 0.05) is 10.2 Å². The fourth-order valence-corrected chi connectivity index (χ4v) is 1.32. The first-order chi connectivity index (χ1) is 9.38. The summed E-state index contributed by atoms with van der Waals surface area (Å²) in [6.45, 7) is 0.963. The van der Waals surface area contributed by atoms with Gasteiger partial charge in [-0.15, -0.1) is 4.68 Å². The van der Waals surface area contributed by atoms with Gasteiger partial charge >= 0.3 is 17.8 Å². The van der Waals surface area contributed by atoms with Crippen LogP contribution in [0, 0.1) is 20.2 Å². The van der Waals surface area contributed by atoms with Gasteiger partial charge in [-0.2, -0.15) is 0 Å². The molecule has 2 aromatic rings. The highest BCUT2D eigenvalue weighted by Crippen LogP contribution is 2.11. The van der Waals surface area contributed by atoms with E-state index in [-0.39, 0.29) is 18.3 Å². The number of carbonyl (C=O) groups excluding carboxylic acids is 1. The third-order valence-electron chi connectivity index (χ3n) is 2.02. The Morgan fingerprint density at radius 2 is 1.90 bits per heavy atom. The third kappa shape index (κ3) is 2.45. The summed E-state index contributed by atoms with van der Waals surface area (Å²) in [5.74, 6) is -2.00. The SMILES string of the molecule is CC(=O)Cn1nc([N+](=O)[O-])nc1-n1cnc([N+](=O)[O-])n1. The van der Waals surface area contributed by atoms with Crippen LogP contribution in [0.25, 0.3) is 5.95 Å². The number of hydrogen-bond acceptors (Lipinski definition) is 9. The normalized spacial score (nSPS) is 10.4. The van der Waals surface area contributed by atoms with E-state index in [1.165, 1.54) is 6.92 Å². The quantitative estimate of drug-likeness (QED) is 0.507. The van der Waals surface area contributed by atoms with Gasteiger partial charge in [-0.1, -0.05) is 9.67 Å². The lowest BCUT2D eigenvalue weighted by molar-refractivity contribution is -0.394. The van der Waals surface area contributed by atoms with E-state index in [0.29, 0.717) is 0 Å². The number of rotatable bonds is 5. The Bertz CT molecular complexity index is 702. The highest BCUT2D eigenvalue weighted by Gasteiger charge is 2.27.